The van der Waals surface area contributed by atoms with E-state index in [0.29, 0.717) is 28.4 Å². The smallest absolute Gasteiger partial charge is 0.228 e. The summed E-state index contributed by atoms with van der Waals surface area (Å²) in [5, 5.41) is 13.9. The molecule has 0 aromatic carbocycles. The summed E-state index contributed by atoms with van der Waals surface area (Å²) in [5.74, 6) is 0.496. The van der Waals surface area contributed by atoms with Crippen LogP contribution in [0.3, 0.4) is 0 Å². The average molecular weight is 446 g/mol. The van der Waals surface area contributed by atoms with Gasteiger partial charge < -0.3 is 24.5 Å². The number of H-pyrrole nitrogens is 1. The van der Waals surface area contributed by atoms with Crippen molar-refractivity contribution < 1.29 is 14.2 Å². The number of rotatable bonds is 5. The highest BCUT2D eigenvalue weighted by Crippen LogP contribution is 2.36. The van der Waals surface area contributed by atoms with E-state index < -0.39 is 16.7 Å². The molecule has 1 saturated carbocycles. The van der Waals surface area contributed by atoms with E-state index in [1.165, 1.54) is 6.07 Å². The van der Waals surface area contributed by atoms with Crippen molar-refractivity contribution in [1.82, 2.24) is 24.3 Å². The molecule has 4 heterocycles. The second kappa shape index (κ2) is 7.79. The van der Waals surface area contributed by atoms with E-state index in [2.05, 4.69) is 20.3 Å². The van der Waals surface area contributed by atoms with Gasteiger partial charge in [-0.25, -0.2) is 9.37 Å². The number of hydrogen-bond acceptors (Lipinski definition) is 6. The third-order valence-corrected chi connectivity index (χ3v) is 6.05. The molecule has 0 atom stereocenters. The van der Waals surface area contributed by atoms with Crippen LogP contribution in [-0.2, 0) is 0 Å². The molecule has 1 fully saturated rings. The first-order valence-electron chi connectivity index (χ1n) is 11.3. The van der Waals surface area contributed by atoms with Crippen molar-refractivity contribution in [3.8, 4) is 17.0 Å². The minimum absolute atomic E-state index is 0.178. The molecular weight excluding hydrogens is 420 g/mol. The van der Waals surface area contributed by atoms with Crippen LogP contribution < -0.4 is 10.1 Å². The number of hydrogen-bond donors (Lipinski definition) is 3. The fourth-order valence-corrected chi connectivity index (χ4v) is 4.36. The van der Waals surface area contributed by atoms with Crippen molar-refractivity contribution in [3.05, 3.63) is 36.7 Å². The van der Waals surface area contributed by atoms with E-state index in [0.717, 1.165) is 31.2 Å². The summed E-state index contributed by atoms with van der Waals surface area (Å²) in [6, 6.07) is 1.64. The summed E-state index contributed by atoms with van der Waals surface area (Å²) >= 11 is 0. The summed E-state index contributed by atoms with van der Waals surface area (Å²) in [6.07, 6.45) is 10.0. The molecule has 4 aromatic heterocycles. The Hall–Kier alpha value is -3.01. The Morgan fingerprint density at radius 3 is 2.79 bits per heavy atom. The Labute approximate surface area is 193 Å². The van der Waals surface area contributed by atoms with Gasteiger partial charge in [0.1, 0.15) is 29.2 Å². The second-order valence-corrected chi connectivity index (χ2v) is 10.1. The molecule has 168 valence electrons. The number of anilines is 1. The Balaban J connectivity index is 1.56. The SMILES string of the molecule is BC(B)(B)Oc1nc(N[C@H]2CC[C@@](C)(O)CC2)nc2[nH]cc(-c3cc(F)c4nccn4c3)c12. The van der Waals surface area contributed by atoms with E-state index >= 15 is 0 Å². The molecule has 0 amide bonds. The minimum atomic E-state index is -0.608. The van der Waals surface area contributed by atoms with Gasteiger partial charge >= 0.3 is 0 Å². The lowest BCUT2D eigenvalue weighted by atomic mass is 9.52. The highest BCUT2D eigenvalue weighted by Gasteiger charge is 2.29. The summed E-state index contributed by atoms with van der Waals surface area (Å²) < 4.78 is 22.5. The molecule has 4 aromatic rings. The number of aromatic amines is 1. The lowest BCUT2D eigenvalue weighted by molar-refractivity contribution is 0.0195. The zero-order chi connectivity index (χ0) is 23.4. The van der Waals surface area contributed by atoms with Gasteiger partial charge in [-0.3, -0.25) is 0 Å². The van der Waals surface area contributed by atoms with Crippen LogP contribution in [0.2, 0.25) is 0 Å². The Bertz CT molecular complexity index is 1320. The third-order valence-electron chi connectivity index (χ3n) is 6.05. The predicted molar refractivity (Wildman–Crippen MR) is 134 cm³/mol. The molecule has 0 spiro atoms. The van der Waals surface area contributed by atoms with Crippen molar-refractivity contribution in [2.45, 2.75) is 49.5 Å². The van der Waals surface area contributed by atoms with Crippen LogP contribution in [0.25, 0.3) is 27.8 Å². The van der Waals surface area contributed by atoms with Gasteiger partial charge in [-0.05, 0) is 38.7 Å². The van der Waals surface area contributed by atoms with Crippen molar-refractivity contribution in [2.75, 3.05) is 5.32 Å². The van der Waals surface area contributed by atoms with Gasteiger partial charge in [0.05, 0.1) is 11.0 Å². The molecule has 8 nitrogen and oxygen atoms in total. The van der Waals surface area contributed by atoms with Crippen LogP contribution in [-0.4, -0.2) is 69.9 Å². The van der Waals surface area contributed by atoms with Crippen LogP contribution in [0, 0.1) is 5.82 Å². The first-order chi connectivity index (χ1) is 15.6. The van der Waals surface area contributed by atoms with Gasteiger partial charge in [0.2, 0.25) is 11.8 Å². The molecule has 1 aliphatic rings. The summed E-state index contributed by atoms with van der Waals surface area (Å²) in [4.78, 5) is 16.7. The van der Waals surface area contributed by atoms with Crippen LogP contribution in [0.15, 0.2) is 30.9 Å². The van der Waals surface area contributed by atoms with Crippen molar-refractivity contribution >= 4 is 46.2 Å². The fourth-order valence-electron chi connectivity index (χ4n) is 4.36. The largest absolute Gasteiger partial charge is 0.498 e. The second-order valence-electron chi connectivity index (χ2n) is 10.1. The standard InChI is InChI=1S/C21H26B3FN6O2/c1-20(32)4-2-12(3-5-20)28-19-29-16-15(18(30-19)33-21(22,23)24)13(9-27-16)11-8-14(25)17-26-6-7-31(17)10-11/h6-10,12,32H,2-5,22-24H2,1H3,(H2,27,28,29,30)/t12-,20+. The van der Waals surface area contributed by atoms with Gasteiger partial charge in [0, 0.05) is 47.3 Å². The molecule has 5 rings (SSSR count). The first-order valence-corrected chi connectivity index (χ1v) is 11.3. The van der Waals surface area contributed by atoms with Crippen LogP contribution in [0.1, 0.15) is 32.6 Å². The number of aliphatic hydroxyl groups is 1. The van der Waals surface area contributed by atoms with E-state index in [4.69, 9.17) is 9.72 Å². The number of imidazole rings is 1. The number of nitrogens with one attached hydrogen (secondary N) is 2. The van der Waals surface area contributed by atoms with Gasteiger partial charge in [-0.1, -0.05) is 0 Å². The average Bonchev–Trinajstić information content (AvgIpc) is 3.35. The number of aromatic nitrogens is 5. The fraction of sp³-hybridized carbons (Fsp3) is 0.381. The van der Waals surface area contributed by atoms with Crippen molar-refractivity contribution in [3.63, 3.8) is 0 Å². The lowest BCUT2D eigenvalue weighted by Crippen LogP contribution is -2.38. The van der Waals surface area contributed by atoms with E-state index in [1.807, 2.05) is 36.7 Å². The van der Waals surface area contributed by atoms with E-state index in [9.17, 15) is 9.50 Å². The predicted octanol–water partition coefficient (Wildman–Crippen LogP) is 0.407. The highest BCUT2D eigenvalue weighted by atomic mass is 19.1. The summed E-state index contributed by atoms with van der Waals surface area (Å²) in [6.45, 7) is 1.88. The molecule has 3 N–H and O–H groups in total. The van der Waals surface area contributed by atoms with Gasteiger partial charge in [-0.15, -0.1) is 0 Å². The topological polar surface area (TPSA) is 100 Å². The molecule has 0 unspecified atom stereocenters. The maximum absolute atomic E-state index is 14.6. The quantitative estimate of drug-likeness (QED) is 0.385. The summed E-state index contributed by atoms with van der Waals surface area (Å²) in [7, 11) is 5.88. The Morgan fingerprint density at radius 1 is 1.30 bits per heavy atom. The Morgan fingerprint density at radius 2 is 2.06 bits per heavy atom. The maximum Gasteiger partial charge on any atom is 0.228 e. The lowest BCUT2D eigenvalue weighted by Gasteiger charge is -2.33. The van der Waals surface area contributed by atoms with Crippen LogP contribution in [0.4, 0.5) is 10.3 Å². The molecular formula is C21H26B3FN6O2. The maximum atomic E-state index is 14.6. The third kappa shape index (κ3) is 4.44. The molecule has 0 aliphatic heterocycles. The van der Waals surface area contributed by atoms with Gasteiger partial charge in [0.15, 0.2) is 11.5 Å². The molecule has 0 bridgehead atoms. The molecule has 1 aliphatic carbocycles. The zero-order valence-corrected chi connectivity index (χ0v) is 19.3. The van der Waals surface area contributed by atoms with Crippen LogP contribution >= 0.6 is 0 Å². The number of ether oxygens (including phenoxy) is 1. The molecule has 12 heteroatoms. The minimum Gasteiger partial charge on any atom is -0.498 e. The monoisotopic (exact) mass is 446 g/mol. The van der Waals surface area contributed by atoms with Gasteiger partial charge in [0.25, 0.3) is 0 Å². The van der Waals surface area contributed by atoms with E-state index in [1.54, 1.807) is 23.0 Å². The van der Waals surface area contributed by atoms with E-state index in [-0.39, 0.29) is 11.7 Å². The first kappa shape index (κ1) is 21.8. The number of nitrogens with zero attached hydrogens (tertiary/aromatic N) is 4. The van der Waals surface area contributed by atoms with Crippen molar-refractivity contribution in [2.24, 2.45) is 0 Å². The van der Waals surface area contributed by atoms with Crippen molar-refractivity contribution in [1.29, 1.82) is 0 Å². The number of pyridine rings is 1. The summed E-state index contributed by atoms with van der Waals surface area (Å²) in [5.41, 5.74) is 1.69. The number of halogens is 1. The van der Waals surface area contributed by atoms with Gasteiger partial charge in [-0.2, -0.15) is 9.97 Å². The zero-order valence-electron chi connectivity index (χ0n) is 19.3. The van der Waals surface area contributed by atoms with Crippen LogP contribution in [0.5, 0.6) is 5.88 Å². The highest BCUT2D eigenvalue weighted by molar-refractivity contribution is 6.58. The molecule has 33 heavy (non-hydrogen) atoms. The Kier molecular flexibility index (Phi) is 5.15. The molecule has 0 radical (unpaired) electrons. The normalized spacial score (nSPS) is 21.5. The molecule has 0 saturated heterocycles. The number of fused-ring (bicyclic) bond motifs is 2.